The van der Waals surface area contributed by atoms with Crippen LogP contribution >= 0.6 is 0 Å². The standard InChI is InChI=1S/C28H32N2O3/c1-5-30(6-2)22-14-12-20(13-15-22)26-25(28(32)33-4)18(3)29-23-16-21(17-24(31)27(23)26)19-10-8-7-9-11-19/h7-15,21,26,29H,5-6,16-17H2,1-4H3/t21-,26+/m1/s1. The minimum Gasteiger partial charge on any atom is -0.466 e. The Balaban J connectivity index is 1.77. The number of allylic oxidation sites excluding steroid dienone is 3. The third-order valence-corrected chi connectivity index (χ3v) is 6.86. The number of Topliss-reactive ketones (excluding diaryl/α,β-unsaturated/α-hetero) is 1. The summed E-state index contributed by atoms with van der Waals surface area (Å²) in [5.41, 5.74) is 6.11. The van der Waals surface area contributed by atoms with E-state index in [-0.39, 0.29) is 11.7 Å². The van der Waals surface area contributed by atoms with Crippen molar-refractivity contribution in [2.75, 3.05) is 25.1 Å². The topological polar surface area (TPSA) is 58.6 Å². The zero-order chi connectivity index (χ0) is 23.5. The first-order valence-electron chi connectivity index (χ1n) is 11.7. The molecule has 2 aliphatic rings. The molecule has 0 fully saturated rings. The van der Waals surface area contributed by atoms with Gasteiger partial charge in [0.05, 0.1) is 12.7 Å². The Bertz CT molecular complexity index is 1100. The van der Waals surface area contributed by atoms with Crippen molar-refractivity contribution in [2.24, 2.45) is 0 Å². The van der Waals surface area contributed by atoms with Gasteiger partial charge in [0.2, 0.25) is 0 Å². The normalized spacial score (nSPS) is 20.3. The van der Waals surface area contributed by atoms with Crippen LogP contribution in [0.25, 0.3) is 0 Å². The number of benzene rings is 2. The van der Waals surface area contributed by atoms with Crippen LogP contribution in [0.5, 0.6) is 0 Å². The largest absolute Gasteiger partial charge is 0.466 e. The highest BCUT2D eigenvalue weighted by atomic mass is 16.5. The van der Waals surface area contributed by atoms with E-state index in [2.05, 4.69) is 48.3 Å². The van der Waals surface area contributed by atoms with Gasteiger partial charge in [-0.1, -0.05) is 42.5 Å². The summed E-state index contributed by atoms with van der Waals surface area (Å²) in [4.78, 5) is 28.7. The average molecular weight is 445 g/mol. The van der Waals surface area contributed by atoms with E-state index >= 15 is 0 Å². The van der Waals surface area contributed by atoms with Gasteiger partial charge >= 0.3 is 5.97 Å². The third-order valence-electron chi connectivity index (χ3n) is 6.86. The van der Waals surface area contributed by atoms with Crippen molar-refractivity contribution in [2.45, 2.75) is 45.4 Å². The van der Waals surface area contributed by atoms with Crippen molar-refractivity contribution >= 4 is 17.4 Å². The van der Waals surface area contributed by atoms with Gasteiger partial charge in [-0.3, -0.25) is 4.79 Å². The molecule has 2 aromatic rings. The highest BCUT2D eigenvalue weighted by Gasteiger charge is 2.41. The Morgan fingerprint density at radius 1 is 1.00 bits per heavy atom. The maximum Gasteiger partial charge on any atom is 0.336 e. The average Bonchev–Trinajstić information content (AvgIpc) is 2.84. The summed E-state index contributed by atoms with van der Waals surface area (Å²) in [6, 6.07) is 18.4. The first-order valence-corrected chi connectivity index (χ1v) is 11.7. The summed E-state index contributed by atoms with van der Waals surface area (Å²) in [7, 11) is 1.39. The summed E-state index contributed by atoms with van der Waals surface area (Å²) in [5, 5.41) is 3.39. The molecule has 5 heteroatoms. The minimum absolute atomic E-state index is 0.0873. The molecule has 1 aliphatic carbocycles. The fourth-order valence-electron chi connectivity index (χ4n) is 5.18. The molecule has 0 radical (unpaired) electrons. The maximum atomic E-state index is 13.5. The molecule has 1 aliphatic heterocycles. The fraction of sp³-hybridized carbons (Fsp3) is 0.357. The number of nitrogens with zero attached hydrogens (tertiary/aromatic N) is 1. The summed E-state index contributed by atoms with van der Waals surface area (Å²) >= 11 is 0. The second-order valence-corrected chi connectivity index (χ2v) is 8.68. The van der Waals surface area contributed by atoms with E-state index in [1.165, 1.54) is 12.7 Å². The lowest BCUT2D eigenvalue weighted by molar-refractivity contribution is -0.136. The molecule has 1 heterocycles. The number of dihydropyridines is 1. The Hall–Kier alpha value is -3.34. The molecule has 2 aromatic carbocycles. The number of anilines is 1. The lowest BCUT2D eigenvalue weighted by atomic mass is 9.71. The van der Waals surface area contributed by atoms with Crippen LogP contribution in [0.2, 0.25) is 0 Å². The summed E-state index contributed by atoms with van der Waals surface area (Å²) < 4.78 is 5.14. The molecule has 172 valence electrons. The molecular formula is C28H32N2O3. The zero-order valence-corrected chi connectivity index (χ0v) is 19.9. The zero-order valence-electron chi connectivity index (χ0n) is 19.9. The first kappa shape index (κ1) is 22.8. The van der Waals surface area contributed by atoms with Gasteiger partial charge in [0.25, 0.3) is 0 Å². The number of esters is 1. The van der Waals surface area contributed by atoms with Crippen molar-refractivity contribution in [3.63, 3.8) is 0 Å². The fourth-order valence-corrected chi connectivity index (χ4v) is 5.18. The van der Waals surface area contributed by atoms with E-state index in [9.17, 15) is 9.59 Å². The lowest BCUT2D eigenvalue weighted by Crippen LogP contribution is -2.36. The van der Waals surface area contributed by atoms with Crippen molar-refractivity contribution < 1.29 is 14.3 Å². The number of ether oxygens (including phenoxy) is 1. The number of rotatable bonds is 6. The highest BCUT2D eigenvalue weighted by Crippen LogP contribution is 2.45. The molecule has 0 amide bonds. The number of hydrogen-bond donors (Lipinski definition) is 1. The van der Waals surface area contributed by atoms with Crippen LogP contribution in [0.1, 0.15) is 56.6 Å². The Morgan fingerprint density at radius 3 is 2.27 bits per heavy atom. The molecule has 0 saturated carbocycles. The predicted octanol–water partition coefficient (Wildman–Crippen LogP) is 5.07. The number of nitrogens with one attached hydrogen (secondary N) is 1. The maximum absolute atomic E-state index is 13.5. The van der Waals surface area contributed by atoms with E-state index in [1.54, 1.807) is 0 Å². The summed E-state index contributed by atoms with van der Waals surface area (Å²) in [6.07, 6.45) is 1.18. The summed E-state index contributed by atoms with van der Waals surface area (Å²) in [6.45, 7) is 8.00. The monoisotopic (exact) mass is 444 g/mol. The van der Waals surface area contributed by atoms with Crippen molar-refractivity contribution in [3.05, 3.63) is 88.3 Å². The van der Waals surface area contributed by atoms with Crippen LogP contribution in [0, 0.1) is 0 Å². The van der Waals surface area contributed by atoms with Crippen LogP contribution in [0.4, 0.5) is 5.69 Å². The Morgan fingerprint density at radius 2 is 1.67 bits per heavy atom. The van der Waals surface area contributed by atoms with Gasteiger partial charge in [-0.25, -0.2) is 4.79 Å². The highest BCUT2D eigenvalue weighted by molar-refractivity contribution is 6.04. The first-order chi connectivity index (χ1) is 16.0. The second-order valence-electron chi connectivity index (χ2n) is 8.68. The molecule has 0 spiro atoms. The van der Waals surface area contributed by atoms with Crippen molar-refractivity contribution in [3.8, 4) is 0 Å². The van der Waals surface area contributed by atoms with Crippen molar-refractivity contribution in [1.29, 1.82) is 0 Å². The third kappa shape index (κ3) is 4.32. The molecule has 5 nitrogen and oxygen atoms in total. The van der Waals surface area contributed by atoms with Crippen LogP contribution in [-0.2, 0) is 14.3 Å². The van der Waals surface area contributed by atoms with E-state index in [1.807, 2.05) is 37.3 Å². The predicted molar refractivity (Wildman–Crippen MR) is 131 cm³/mol. The van der Waals surface area contributed by atoms with Crippen LogP contribution in [-0.4, -0.2) is 32.0 Å². The number of carbonyl (C=O) groups is 2. The Labute approximate surface area is 196 Å². The van der Waals surface area contributed by atoms with E-state index in [4.69, 9.17) is 4.74 Å². The van der Waals surface area contributed by atoms with E-state index in [0.29, 0.717) is 17.6 Å². The van der Waals surface area contributed by atoms with Crippen LogP contribution in [0.3, 0.4) is 0 Å². The lowest BCUT2D eigenvalue weighted by Gasteiger charge is -2.36. The SMILES string of the molecule is CCN(CC)c1ccc([C@H]2C(C(=O)OC)=C(C)NC3=C2C(=O)C[C@H](c2ccccc2)C3)cc1. The molecule has 2 atom stereocenters. The number of hydrogen-bond acceptors (Lipinski definition) is 5. The molecule has 0 unspecified atom stereocenters. The molecule has 4 rings (SSSR count). The summed E-state index contributed by atoms with van der Waals surface area (Å²) in [5.74, 6) is -0.613. The molecule has 0 saturated heterocycles. The van der Waals surface area contributed by atoms with Gasteiger partial charge in [-0.2, -0.15) is 0 Å². The van der Waals surface area contributed by atoms with Crippen molar-refractivity contribution in [1.82, 2.24) is 5.32 Å². The van der Waals surface area contributed by atoms with E-state index in [0.717, 1.165) is 42.2 Å². The van der Waals surface area contributed by atoms with Gasteiger partial charge in [0.1, 0.15) is 0 Å². The molecule has 0 aromatic heterocycles. The number of methoxy groups -OCH3 is 1. The van der Waals surface area contributed by atoms with E-state index < -0.39 is 11.9 Å². The molecule has 0 bridgehead atoms. The van der Waals surface area contributed by atoms with Crippen LogP contribution < -0.4 is 10.2 Å². The van der Waals surface area contributed by atoms with Gasteiger partial charge < -0.3 is 15.0 Å². The second kappa shape index (κ2) is 9.65. The molecular weight excluding hydrogens is 412 g/mol. The van der Waals surface area contributed by atoms with Gasteiger partial charge in [-0.15, -0.1) is 0 Å². The minimum atomic E-state index is -0.427. The smallest absolute Gasteiger partial charge is 0.336 e. The Kier molecular flexibility index (Phi) is 6.68. The van der Waals surface area contributed by atoms with Gasteiger partial charge in [0, 0.05) is 48.1 Å². The molecule has 33 heavy (non-hydrogen) atoms. The van der Waals surface area contributed by atoms with Gasteiger partial charge in [-0.05, 0) is 56.4 Å². The molecule has 1 N–H and O–H groups in total. The van der Waals surface area contributed by atoms with Gasteiger partial charge in [0.15, 0.2) is 5.78 Å². The van der Waals surface area contributed by atoms with Crippen LogP contribution in [0.15, 0.2) is 77.1 Å². The quantitative estimate of drug-likeness (QED) is 0.631. The number of ketones is 1. The number of carbonyl (C=O) groups excluding carboxylic acids is 2.